The third kappa shape index (κ3) is 1.84. The molecule has 0 aromatic heterocycles. The average molecular weight is 266 g/mol. The van der Waals surface area contributed by atoms with Crippen LogP contribution in [-0.4, -0.2) is 12.5 Å². The van der Waals surface area contributed by atoms with Gasteiger partial charge in [-0.25, -0.2) is 4.39 Å². The van der Waals surface area contributed by atoms with Crippen molar-refractivity contribution >= 4 is 11.6 Å². The Labute approximate surface area is 115 Å². The van der Waals surface area contributed by atoms with Gasteiger partial charge in [0.2, 0.25) is 0 Å². The van der Waals surface area contributed by atoms with E-state index in [0.717, 1.165) is 5.56 Å². The maximum absolute atomic E-state index is 13.7. The number of nitriles is 1. The van der Waals surface area contributed by atoms with E-state index in [2.05, 4.69) is 0 Å². The van der Waals surface area contributed by atoms with Crippen LogP contribution in [0.5, 0.6) is 0 Å². The van der Waals surface area contributed by atoms with Crippen LogP contribution in [0.15, 0.2) is 42.5 Å². The van der Waals surface area contributed by atoms with Crippen LogP contribution < -0.4 is 4.90 Å². The molecule has 0 saturated carbocycles. The van der Waals surface area contributed by atoms with Crippen LogP contribution in [0.25, 0.3) is 0 Å². The number of anilines is 1. The summed E-state index contributed by atoms with van der Waals surface area (Å²) in [6, 6.07) is 13.6. The van der Waals surface area contributed by atoms with Crippen LogP contribution in [0.2, 0.25) is 0 Å². The van der Waals surface area contributed by atoms with Crippen LogP contribution in [-0.2, 0) is 6.42 Å². The van der Waals surface area contributed by atoms with E-state index in [1.54, 1.807) is 18.2 Å². The molecule has 3 nitrogen and oxygen atoms in total. The third-order valence-corrected chi connectivity index (χ3v) is 3.49. The zero-order valence-corrected chi connectivity index (χ0v) is 10.6. The minimum absolute atomic E-state index is 0.0831. The van der Waals surface area contributed by atoms with Gasteiger partial charge in [-0.1, -0.05) is 24.3 Å². The number of carbonyl (C=O) groups excluding carboxylic acids is 1. The van der Waals surface area contributed by atoms with Gasteiger partial charge in [0, 0.05) is 12.1 Å². The van der Waals surface area contributed by atoms with Gasteiger partial charge in [0.25, 0.3) is 5.91 Å². The van der Waals surface area contributed by atoms with E-state index in [0.29, 0.717) is 24.2 Å². The first-order valence-electron chi connectivity index (χ1n) is 6.31. The molecule has 0 atom stereocenters. The first-order chi connectivity index (χ1) is 9.72. The van der Waals surface area contributed by atoms with Crippen molar-refractivity contribution in [3.05, 3.63) is 65.0 Å². The Kier molecular flexibility index (Phi) is 2.96. The van der Waals surface area contributed by atoms with Gasteiger partial charge in [-0.2, -0.15) is 5.26 Å². The number of hydrogen-bond acceptors (Lipinski definition) is 2. The van der Waals surface area contributed by atoms with Gasteiger partial charge in [0.05, 0.1) is 5.69 Å². The second kappa shape index (κ2) is 4.78. The summed E-state index contributed by atoms with van der Waals surface area (Å²) in [6.45, 7) is 0.452. The van der Waals surface area contributed by atoms with Gasteiger partial charge in [-0.15, -0.1) is 0 Å². The Hall–Kier alpha value is -2.67. The molecule has 0 unspecified atom stereocenters. The monoisotopic (exact) mass is 266 g/mol. The lowest BCUT2D eigenvalue weighted by molar-refractivity contribution is 0.0980. The van der Waals surface area contributed by atoms with Crippen molar-refractivity contribution in [1.29, 1.82) is 5.26 Å². The molecule has 1 aliphatic heterocycles. The first kappa shape index (κ1) is 12.4. The first-order valence-corrected chi connectivity index (χ1v) is 6.31. The minimum atomic E-state index is -0.600. The molecule has 1 aliphatic rings. The molecule has 0 N–H and O–H groups in total. The Morgan fingerprint density at radius 1 is 1.15 bits per heavy atom. The molecule has 4 heteroatoms. The van der Waals surface area contributed by atoms with Crippen LogP contribution in [0.1, 0.15) is 21.5 Å². The molecule has 0 radical (unpaired) electrons. The summed E-state index contributed by atoms with van der Waals surface area (Å²) in [4.78, 5) is 14.0. The second-order valence-electron chi connectivity index (χ2n) is 4.61. The maximum atomic E-state index is 13.7. The lowest BCUT2D eigenvalue weighted by Gasteiger charge is -2.29. The number of hydrogen-bond donors (Lipinski definition) is 0. The Morgan fingerprint density at radius 3 is 2.75 bits per heavy atom. The number of rotatable bonds is 1. The lowest BCUT2D eigenvalue weighted by atomic mass is 9.98. The van der Waals surface area contributed by atoms with Crippen LogP contribution in [0.3, 0.4) is 0 Å². The standard InChI is InChI=1S/C16H11FN2O/c17-14-6-3-7-15(13(14)10-18)19-9-8-11-4-1-2-5-12(11)16(19)20/h1-7H,8-9H2. The Morgan fingerprint density at radius 2 is 1.95 bits per heavy atom. The van der Waals surface area contributed by atoms with Gasteiger partial charge in [-0.3, -0.25) is 4.79 Å². The largest absolute Gasteiger partial charge is 0.307 e. The molecular formula is C16H11FN2O. The van der Waals surface area contributed by atoms with E-state index in [4.69, 9.17) is 5.26 Å². The third-order valence-electron chi connectivity index (χ3n) is 3.49. The zero-order valence-electron chi connectivity index (χ0n) is 10.6. The van der Waals surface area contributed by atoms with Crippen molar-refractivity contribution in [1.82, 2.24) is 0 Å². The molecule has 1 heterocycles. The molecule has 1 amide bonds. The fraction of sp³-hybridized carbons (Fsp3) is 0.125. The zero-order chi connectivity index (χ0) is 14.1. The van der Waals surface area contributed by atoms with E-state index in [9.17, 15) is 9.18 Å². The number of benzene rings is 2. The van der Waals surface area contributed by atoms with E-state index < -0.39 is 5.82 Å². The smallest absolute Gasteiger partial charge is 0.258 e. The fourth-order valence-corrected chi connectivity index (χ4v) is 2.50. The maximum Gasteiger partial charge on any atom is 0.258 e. The molecule has 0 saturated heterocycles. The highest BCUT2D eigenvalue weighted by molar-refractivity contribution is 6.08. The van der Waals surface area contributed by atoms with E-state index >= 15 is 0 Å². The lowest BCUT2D eigenvalue weighted by Crippen LogP contribution is -2.38. The molecule has 0 aliphatic carbocycles. The number of halogens is 1. The number of nitrogens with zero attached hydrogens (tertiary/aromatic N) is 2. The summed E-state index contributed by atoms with van der Waals surface area (Å²) in [5.41, 5.74) is 1.86. The van der Waals surface area contributed by atoms with Crippen LogP contribution >= 0.6 is 0 Å². The summed E-state index contributed by atoms with van der Waals surface area (Å²) in [5, 5.41) is 9.08. The van der Waals surface area contributed by atoms with Gasteiger partial charge in [0.1, 0.15) is 17.4 Å². The molecule has 0 spiro atoms. The number of carbonyl (C=O) groups is 1. The highest BCUT2D eigenvalue weighted by atomic mass is 19.1. The predicted molar refractivity (Wildman–Crippen MR) is 72.9 cm³/mol. The summed E-state index contributed by atoms with van der Waals surface area (Å²) in [7, 11) is 0. The van der Waals surface area contributed by atoms with Crippen molar-refractivity contribution in [3.63, 3.8) is 0 Å². The molecule has 2 aromatic carbocycles. The quantitative estimate of drug-likeness (QED) is 0.796. The Bertz CT molecular complexity index is 733. The topological polar surface area (TPSA) is 44.1 Å². The van der Waals surface area contributed by atoms with E-state index in [-0.39, 0.29) is 11.5 Å². The molecule has 98 valence electrons. The highest BCUT2D eigenvalue weighted by Crippen LogP contribution is 2.28. The van der Waals surface area contributed by atoms with E-state index in [1.807, 2.05) is 18.2 Å². The van der Waals surface area contributed by atoms with Crippen molar-refractivity contribution in [2.45, 2.75) is 6.42 Å². The van der Waals surface area contributed by atoms with Gasteiger partial charge in [-0.05, 0) is 30.2 Å². The van der Waals surface area contributed by atoms with Crippen LogP contribution in [0.4, 0.5) is 10.1 Å². The molecule has 20 heavy (non-hydrogen) atoms. The predicted octanol–water partition coefficient (Wildman–Crippen LogP) is 2.90. The van der Waals surface area contributed by atoms with Gasteiger partial charge >= 0.3 is 0 Å². The normalized spacial score (nSPS) is 13.8. The highest BCUT2D eigenvalue weighted by Gasteiger charge is 2.27. The van der Waals surface area contributed by atoms with Crippen molar-refractivity contribution < 1.29 is 9.18 Å². The van der Waals surface area contributed by atoms with E-state index in [1.165, 1.54) is 17.0 Å². The SMILES string of the molecule is N#Cc1c(F)cccc1N1CCc2ccccc2C1=O. The second-order valence-corrected chi connectivity index (χ2v) is 4.61. The van der Waals surface area contributed by atoms with Crippen molar-refractivity contribution in [3.8, 4) is 6.07 Å². The number of amides is 1. The van der Waals surface area contributed by atoms with Crippen molar-refractivity contribution in [2.75, 3.05) is 11.4 Å². The van der Waals surface area contributed by atoms with Gasteiger partial charge in [0.15, 0.2) is 0 Å². The summed E-state index contributed by atoms with van der Waals surface area (Å²) < 4.78 is 13.7. The average Bonchev–Trinajstić information content (AvgIpc) is 2.48. The summed E-state index contributed by atoms with van der Waals surface area (Å²) >= 11 is 0. The summed E-state index contributed by atoms with van der Waals surface area (Å²) in [5.74, 6) is -0.786. The fourth-order valence-electron chi connectivity index (χ4n) is 2.50. The molecule has 0 bridgehead atoms. The number of fused-ring (bicyclic) bond motifs is 1. The minimum Gasteiger partial charge on any atom is -0.307 e. The van der Waals surface area contributed by atoms with Crippen molar-refractivity contribution in [2.24, 2.45) is 0 Å². The summed E-state index contributed by atoms with van der Waals surface area (Å²) in [6.07, 6.45) is 0.698. The Balaban J connectivity index is 2.09. The van der Waals surface area contributed by atoms with Gasteiger partial charge < -0.3 is 4.90 Å². The molecule has 0 fully saturated rings. The molecular weight excluding hydrogens is 255 g/mol. The van der Waals surface area contributed by atoms with Crippen LogP contribution in [0, 0.1) is 17.1 Å². The molecule has 3 rings (SSSR count). The molecule has 2 aromatic rings.